The van der Waals surface area contributed by atoms with Gasteiger partial charge in [0.15, 0.2) is 5.82 Å². The van der Waals surface area contributed by atoms with Gasteiger partial charge in [-0.3, -0.25) is 5.43 Å². The molecule has 0 radical (unpaired) electrons. The number of nitrogens with one attached hydrogen (secondary N) is 2. The smallest absolute Gasteiger partial charge is 0.291 e. The van der Waals surface area contributed by atoms with Crippen molar-refractivity contribution < 1.29 is 21.6 Å². The molecule has 0 bridgehead atoms. The van der Waals surface area contributed by atoms with Gasteiger partial charge in [0.05, 0.1) is 20.6 Å². The predicted octanol–water partition coefficient (Wildman–Crippen LogP) is 4.37. The van der Waals surface area contributed by atoms with Crippen LogP contribution in [0.15, 0.2) is 35.4 Å². The van der Waals surface area contributed by atoms with Crippen LogP contribution in [0.3, 0.4) is 0 Å². The van der Waals surface area contributed by atoms with Crippen LogP contribution >= 0.6 is 34.8 Å². The minimum Gasteiger partial charge on any atom is -0.291 e. The highest BCUT2D eigenvalue weighted by atomic mass is 35.5. The third-order valence-electron chi connectivity index (χ3n) is 2.66. The lowest BCUT2D eigenvalue weighted by Gasteiger charge is -2.13. The third-order valence-corrected chi connectivity index (χ3v) is 5.15. The first-order chi connectivity index (χ1) is 11.0. The van der Waals surface area contributed by atoms with E-state index in [2.05, 4.69) is 10.4 Å². The van der Waals surface area contributed by atoms with Gasteiger partial charge in [0.1, 0.15) is 4.90 Å². The normalized spacial score (nSPS) is 12.2. The molecule has 130 valence electrons. The second-order valence-electron chi connectivity index (χ2n) is 4.33. The molecular weight excluding hydrogens is 414 g/mol. The van der Waals surface area contributed by atoms with E-state index in [0.29, 0.717) is 12.3 Å². The fraction of sp³-hybridized carbons (Fsp3) is 0.0833. The number of hydrogen-bond donors (Lipinski definition) is 2. The van der Waals surface area contributed by atoms with Gasteiger partial charge in [-0.15, -0.1) is 4.83 Å². The summed E-state index contributed by atoms with van der Waals surface area (Å²) in [5.41, 5.74) is 1.05. The third kappa shape index (κ3) is 4.22. The Hall–Kier alpha value is -1.26. The average Bonchev–Trinajstić information content (AvgIpc) is 2.44. The van der Waals surface area contributed by atoms with E-state index in [1.807, 2.05) is 4.83 Å². The first kappa shape index (κ1) is 19.1. The van der Waals surface area contributed by atoms with Crippen molar-refractivity contribution in [3.05, 3.63) is 51.1 Å². The number of halogens is 6. The zero-order chi connectivity index (χ0) is 18.1. The molecule has 0 aliphatic carbocycles. The quantitative estimate of drug-likeness (QED) is 0.721. The molecule has 0 saturated carbocycles. The average molecular weight is 421 g/mol. The maximum Gasteiger partial charge on any atom is 0.417 e. The summed E-state index contributed by atoms with van der Waals surface area (Å²) in [4.78, 5) is 4.93. The van der Waals surface area contributed by atoms with Gasteiger partial charge in [0, 0.05) is 6.20 Å². The molecule has 0 saturated heterocycles. The molecule has 0 aliphatic rings. The number of sulfonamides is 1. The monoisotopic (exact) mass is 419 g/mol. The molecule has 2 aromatic rings. The van der Waals surface area contributed by atoms with E-state index in [9.17, 15) is 21.6 Å². The summed E-state index contributed by atoms with van der Waals surface area (Å²) < 4.78 is 62.0. The lowest BCUT2D eigenvalue weighted by molar-refractivity contribution is -0.137. The number of nitrogens with zero attached hydrogens (tertiary/aromatic N) is 1. The van der Waals surface area contributed by atoms with Crippen LogP contribution < -0.4 is 10.3 Å². The van der Waals surface area contributed by atoms with Crippen molar-refractivity contribution in [2.24, 2.45) is 0 Å². The summed E-state index contributed by atoms with van der Waals surface area (Å²) >= 11 is 17.3. The van der Waals surface area contributed by atoms with Gasteiger partial charge in [0.2, 0.25) is 0 Å². The standard InChI is InChI=1S/C12H7Cl3F3N3O2S/c13-7-2-1-3-8(14)10(7)24(22,23)21-20-11-9(15)4-6(5-19-11)12(16,17)18/h1-5,21H,(H,19,20). The van der Waals surface area contributed by atoms with Crippen LogP contribution in [0.2, 0.25) is 15.1 Å². The van der Waals surface area contributed by atoms with Crippen molar-refractivity contribution in [1.29, 1.82) is 0 Å². The van der Waals surface area contributed by atoms with Crippen molar-refractivity contribution in [2.45, 2.75) is 11.1 Å². The zero-order valence-electron chi connectivity index (χ0n) is 11.3. The van der Waals surface area contributed by atoms with Crippen LogP contribution in [-0.2, 0) is 16.2 Å². The minimum atomic E-state index is -4.63. The maximum absolute atomic E-state index is 12.5. The number of rotatable bonds is 4. The molecule has 5 nitrogen and oxygen atoms in total. The van der Waals surface area contributed by atoms with E-state index in [4.69, 9.17) is 34.8 Å². The van der Waals surface area contributed by atoms with Crippen LogP contribution in [0.1, 0.15) is 5.56 Å². The highest BCUT2D eigenvalue weighted by Gasteiger charge is 2.31. The second-order valence-corrected chi connectivity index (χ2v) is 7.17. The van der Waals surface area contributed by atoms with Crippen LogP contribution in [0.25, 0.3) is 0 Å². The van der Waals surface area contributed by atoms with Crippen molar-refractivity contribution >= 4 is 50.6 Å². The summed E-state index contributed by atoms with van der Waals surface area (Å²) in [6.45, 7) is 0. The van der Waals surface area contributed by atoms with Crippen molar-refractivity contribution in [2.75, 3.05) is 5.43 Å². The lowest BCUT2D eigenvalue weighted by atomic mass is 10.3. The van der Waals surface area contributed by atoms with Gasteiger partial charge in [-0.25, -0.2) is 13.4 Å². The molecule has 0 unspecified atom stereocenters. The first-order valence-corrected chi connectivity index (χ1v) is 8.58. The van der Waals surface area contributed by atoms with E-state index >= 15 is 0 Å². The van der Waals surface area contributed by atoms with E-state index in [0.717, 1.165) is 0 Å². The molecule has 0 fully saturated rings. The largest absolute Gasteiger partial charge is 0.417 e. The molecule has 0 spiro atoms. The fourth-order valence-electron chi connectivity index (χ4n) is 1.59. The van der Waals surface area contributed by atoms with Gasteiger partial charge >= 0.3 is 6.18 Å². The van der Waals surface area contributed by atoms with Gasteiger partial charge < -0.3 is 0 Å². The van der Waals surface area contributed by atoms with Crippen molar-refractivity contribution in [3.8, 4) is 0 Å². The zero-order valence-corrected chi connectivity index (χ0v) is 14.4. The van der Waals surface area contributed by atoms with E-state index in [1.54, 1.807) is 0 Å². The number of pyridine rings is 1. The molecule has 1 heterocycles. The van der Waals surface area contributed by atoms with Crippen LogP contribution in [-0.4, -0.2) is 13.4 Å². The van der Waals surface area contributed by atoms with Crippen LogP contribution in [0, 0.1) is 0 Å². The topological polar surface area (TPSA) is 71.1 Å². The Balaban J connectivity index is 2.25. The number of hydrogen-bond acceptors (Lipinski definition) is 4. The lowest BCUT2D eigenvalue weighted by Crippen LogP contribution is -2.30. The Morgan fingerprint density at radius 1 is 1.04 bits per heavy atom. The highest BCUT2D eigenvalue weighted by molar-refractivity contribution is 7.89. The number of aromatic nitrogens is 1. The Morgan fingerprint density at radius 3 is 2.12 bits per heavy atom. The molecule has 24 heavy (non-hydrogen) atoms. The van der Waals surface area contributed by atoms with Crippen molar-refractivity contribution in [1.82, 2.24) is 9.82 Å². The summed E-state index contributed by atoms with van der Waals surface area (Å²) in [5.74, 6) is -0.323. The molecule has 1 aromatic carbocycles. The molecule has 12 heteroatoms. The van der Waals surface area contributed by atoms with Crippen LogP contribution in [0.4, 0.5) is 19.0 Å². The molecule has 2 N–H and O–H groups in total. The van der Waals surface area contributed by atoms with Gasteiger partial charge in [0.25, 0.3) is 10.0 Å². The number of anilines is 1. The summed E-state index contributed by atoms with van der Waals surface area (Å²) in [7, 11) is -4.22. The predicted molar refractivity (Wildman–Crippen MR) is 84.7 cm³/mol. The summed E-state index contributed by atoms with van der Waals surface area (Å²) in [5, 5.41) is -0.704. The molecule has 0 aliphatic heterocycles. The van der Waals surface area contributed by atoms with E-state index < -0.39 is 31.7 Å². The van der Waals surface area contributed by atoms with Gasteiger partial charge in [-0.1, -0.05) is 40.9 Å². The second kappa shape index (κ2) is 6.93. The summed E-state index contributed by atoms with van der Waals surface area (Å²) in [6.07, 6.45) is -4.12. The van der Waals surface area contributed by atoms with Gasteiger partial charge in [-0.05, 0) is 18.2 Å². The summed E-state index contributed by atoms with van der Waals surface area (Å²) in [6, 6.07) is 4.68. The number of hydrazine groups is 1. The molecular formula is C12H7Cl3F3N3O2S. The highest BCUT2D eigenvalue weighted by Crippen LogP contribution is 2.32. The van der Waals surface area contributed by atoms with E-state index in [1.165, 1.54) is 18.2 Å². The minimum absolute atomic E-state index is 0.136. The SMILES string of the molecule is O=S(=O)(NNc1ncc(C(F)(F)F)cc1Cl)c1c(Cl)cccc1Cl. The number of alkyl halides is 3. The van der Waals surface area contributed by atoms with Crippen LogP contribution in [0.5, 0.6) is 0 Å². The molecule has 0 atom stereocenters. The Bertz CT molecular complexity index is 855. The Kier molecular flexibility index (Phi) is 5.50. The Morgan fingerprint density at radius 2 is 1.62 bits per heavy atom. The molecule has 0 amide bonds. The number of benzene rings is 1. The maximum atomic E-state index is 12.5. The fourth-order valence-corrected chi connectivity index (χ4v) is 3.79. The first-order valence-electron chi connectivity index (χ1n) is 5.97. The van der Waals surface area contributed by atoms with E-state index in [-0.39, 0.29) is 15.9 Å². The Labute approximate surface area is 149 Å². The van der Waals surface area contributed by atoms with Gasteiger partial charge in [-0.2, -0.15) is 13.2 Å². The van der Waals surface area contributed by atoms with Crippen molar-refractivity contribution in [3.63, 3.8) is 0 Å². The molecule has 1 aromatic heterocycles. The molecule has 2 rings (SSSR count).